The van der Waals surface area contributed by atoms with Gasteiger partial charge in [0.15, 0.2) is 29.6 Å². The van der Waals surface area contributed by atoms with Crippen LogP contribution in [-0.2, 0) is 24.8 Å². The molecule has 5 aliphatic rings. The smallest absolute Gasteiger partial charge is 0.226 e. The molecule has 0 spiro atoms. The molecule has 1 saturated heterocycles. The van der Waals surface area contributed by atoms with Crippen LogP contribution in [0.4, 0.5) is 4.39 Å². The summed E-state index contributed by atoms with van der Waals surface area (Å²) >= 11 is 0. The number of hydrogen-bond donors (Lipinski definition) is 0. The fraction of sp³-hybridized carbons (Fsp3) is 0.692. The minimum Gasteiger partial charge on any atom is -0.464 e. The number of halogens is 1. The van der Waals surface area contributed by atoms with Gasteiger partial charge in [-0.2, -0.15) is 0 Å². The normalized spacial score (nSPS) is 47.3. The zero-order valence-corrected chi connectivity index (χ0v) is 18.8. The fourth-order valence-electron chi connectivity index (χ4n) is 8.38. The molecule has 0 radical (unpaired) electrons. The molecule has 0 amide bonds. The lowest BCUT2D eigenvalue weighted by Crippen LogP contribution is -2.60. The number of allylic oxidation sites excluding steroid dienone is 1. The number of furan rings is 1. The molecule has 1 aromatic rings. The zero-order chi connectivity index (χ0) is 22.3. The maximum atomic E-state index is 14.0. The average molecular weight is 443 g/mol. The lowest BCUT2D eigenvalue weighted by atomic mass is 9.50. The molecule has 2 heterocycles. The van der Waals surface area contributed by atoms with Crippen LogP contribution in [0.3, 0.4) is 0 Å². The maximum Gasteiger partial charge on any atom is 0.226 e. The van der Waals surface area contributed by atoms with E-state index >= 15 is 0 Å². The van der Waals surface area contributed by atoms with Gasteiger partial charge in [-0.15, -0.1) is 0 Å². The van der Waals surface area contributed by atoms with Gasteiger partial charge in [0.2, 0.25) is 5.79 Å². The molecule has 3 saturated carbocycles. The predicted molar refractivity (Wildman–Crippen MR) is 113 cm³/mol. The summed E-state index contributed by atoms with van der Waals surface area (Å²) in [6.45, 7) is 2.86. The number of rotatable bonds is 3. The minimum absolute atomic E-state index is 0.238. The molecule has 0 bridgehead atoms. The Morgan fingerprint density at radius 3 is 2.78 bits per heavy atom. The van der Waals surface area contributed by atoms with Crippen molar-refractivity contribution in [2.75, 3.05) is 6.67 Å². The summed E-state index contributed by atoms with van der Waals surface area (Å²) in [6, 6.07) is 3.55. The summed E-state index contributed by atoms with van der Waals surface area (Å²) in [6.07, 6.45) is 8.99. The standard InChI is InChI=1S/C26H31FO5/c1-24-10-9-18-17-8-6-16(28)12-15(17)5-7-19(18)20(24)13-23-26(24,21(29)14-27)32-25(2,31-23)22-4-3-11-30-22/h3-4,11-12,17-20,23H,5-10,13-14H2,1-2H3/t17-,18?,19?,20?,23+,24-,25?,26+/m0/s1. The third-order valence-electron chi connectivity index (χ3n) is 9.69. The second-order valence-electron chi connectivity index (χ2n) is 10.9. The Bertz CT molecular complexity index is 984. The van der Waals surface area contributed by atoms with Gasteiger partial charge in [0.1, 0.15) is 0 Å². The van der Waals surface area contributed by atoms with Crippen LogP contribution in [0.5, 0.6) is 0 Å². The summed E-state index contributed by atoms with van der Waals surface area (Å²) in [5.74, 6) is 0.747. The van der Waals surface area contributed by atoms with Gasteiger partial charge >= 0.3 is 0 Å². The van der Waals surface area contributed by atoms with Crippen LogP contribution in [0.1, 0.15) is 64.6 Å². The van der Waals surface area contributed by atoms with Crippen molar-refractivity contribution in [1.82, 2.24) is 0 Å². The van der Waals surface area contributed by atoms with Crippen LogP contribution in [0.2, 0.25) is 0 Å². The summed E-state index contributed by atoms with van der Waals surface area (Å²) in [7, 11) is 0. The van der Waals surface area contributed by atoms with Gasteiger partial charge in [-0.05, 0) is 87.3 Å². The molecule has 1 aromatic heterocycles. The first kappa shape index (κ1) is 20.8. The van der Waals surface area contributed by atoms with Gasteiger partial charge in [-0.25, -0.2) is 4.39 Å². The van der Waals surface area contributed by atoms with E-state index in [1.54, 1.807) is 25.3 Å². The largest absolute Gasteiger partial charge is 0.464 e. The van der Waals surface area contributed by atoms with Gasteiger partial charge in [-0.3, -0.25) is 9.59 Å². The van der Waals surface area contributed by atoms with Crippen molar-refractivity contribution >= 4 is 11.6 Å². The summed E-state index contributed by atoms with van der Waals surface area (Å²) < 4.78 is 32.6. The fourth-order valence-corrected chi connectivity index (χ4v) is 8.38. The third-order valence-corrected chi connectivity index (χ3v) is 9.69. The van der Waals surface area contributed by atoms with E-state index in [0.29, 0.717) is 36.4 Å². The topological polar surface area (TPSA) is 65.7 Å². The zero-order valence-electron chi connectivity index (χ0n) is 18.8. The van der Waals surface area contributed by atoms with Gasteiger partial charge in [0.25, 0.3) is 0 Å². The molecule has 32 heavy (non-hydrogen) atoms. The van der Waals surface area contributed by atoms with Crippen molar-refractivity contribution in [2.24, 2.45) is 29.1 Å². The number of Topliss-reactive ketones (excluding diaryl/α,β-unsaturated/α-hetero) is 1. The van der Waals surface area contributed by atoms with E-state index in [1.165, 1.54) is 5.57 Å². The number of carbonyl (C=O) groups is 2. The monoisotopic (exact) mass is 442 g/mol. The van der Waals surface area contributed by atoms with E-state index in [9.17, 15) is 14.0 Å². The third kappa shape index (κ3) is 2.51. The maximum absolute atomic E-state index is 14.0. The Balaban J connectivity index is 1.38. The molecule has 4 unspecified atom stereocenters. The molecule has 172 valence electrons. The lowest BCUT2D eigenvalue weighted by Gasteiger charge is -2.55. The van der Waals surface area contributed by atoms with Crippen molar-refractivity contribution in [1.29, 1.82) is 0 Å². The van der Waals surface area contributed by atoms with Crippen LogP contribution in [0.25, 0.3) is 0 Å². The van der Waals surface area contributed by atoms with Gasteiger partial charge < -0.3 is 13.9 Å². The number of alkyl halides is 1. The molecule has 8 atom stereocenters. The summed E-state index contributed by atoms with van der Waals surface area (Å²) in [4.78, 5) is 25.3. The number of hydrogen-bond acceptors (Lipinski definition) is 5. The molecule has 6 heteroatoms. The van der Waals surface area contributed by atoms with Crippen LogP contribution >= 0.6 is 0 Å². The highest BCUT2D eigenvalue weighted by Gasteiger charge is 2.76. The first-order chi connectivity index (χ1) is 15.3. The molecule has 4 fully saturated rings. The Kier molecular flexibility index (Phi) is 4.46. The highest BCUT2D eigenvalue weighted by atomic mass is 19.1. The Morgan fingerprint density at radius 2 is 2.03 bits per heavy atom. The van der Waals surface area contributed by atoms with Crippen LogP contribution in [0, 0.1) is 29.1 Å². The Hall–Kier alpha value is -1.79. The molecule has 0 aromatic carbocycles. The molecule has 0 N–H and O–H groups in total. The first-order valence-corrected chi connectivity index (χ1v) is 12.1. The second-order valence-corrected chi connectivity index (χ2v) is 10.9. The summed E-state index contributed by atoms with van der Waals surface area (Å²) in [5, 5.41) is 0. The highest BCUT2D eigenvalue weighted by molar-refractivity contribution is 5.92. The number of fused-ring (bicyclic) bond motifs is 7. The quantitative estimate of drug-likeness (QED) is 0.666. The van der Waals surface area contributed by atoms with E-state index in [1.807, 2.05) is 6.08 Å². The minimum atomic E-state index is -1.29. The van der Waals surface area contributed by atoms with Gasteiger partial charge in [0, 0.05) is 11.8 Å². The van der Waals surface area contributed by atoms with E-state index in [-0.39, 0.29) is 11.7 Å². The Morgan fingerprint density at radius 1 is 1.19 bits per heavy atom. The van der Waals surface area contributed by atoms with E-state index in [2.05, 4.69) is 6.92 Å². The van der Waals surface area contributed by atoms with E-state index in [4.69, 9.17) is 13.9 Å². The molecular formula is C26H31FO5. The number of ketones is 2. The van der Waals surface area contributed by atoms with Crippen molar-refractivity contribution < 1.29 is 27.9 Å². The van der Waals surface area contributed by atoms with Crippen molar-refractivity contribution in [2.45, 2.75) is 76.3 Å². The SMILES string of the molecule is CC1(c2ccco2)O[C@@H]2CC3C4CCC5=CC(=O)CC[C@@H]5C4CC[C@]3(C)[C@]2(C(=O)CF)O1. The molecule has 1 aliphatic heterocycles. The van der Waals surface area contributed by atoms with Gasteiger partial charge in [0.05, 0.1) is 12.4 Å². The Labute approximate surface area is 187 Å². The van der Waals surface area contributed by atoms with Gasteiger partial charge in [-0.1, -0.05) is 12.5 Å². The van der Waals surface area contributed by atoms with Crippen LogP contribution < -0.4 is 0 Å². The van der Waals surface area contributed by atoms with E-state index < -0.39 is 35.4 Å². The molecule has 5 nitrogen and oxygen atoms in total. The second kappa shape index (κ2) is 6.86. The summed E-state index contributed by atoms with van der Waals surface area (Å²) in [5.41, 5.74) is -0.452. The van der Waals surface area contributed by atoms with Crippen molar-refractivity contribution in [3.63, 3.8) is 0 Å². The highest BCUT2D eigenvalue weighted by Crippen LogP contribution is 2.69. The van der Waals surface area contributed by atoms with E-state index in [0.717, 1.165) is 32.1 Å². The number of ether oxygens (including phenoxy) is 2. The lowest BCUT2D eigenvalue weighted by molar-refractivity contribution is -0.234. The predicted octanol–water partition coefficient (Wildman–Crippen LogP) is 4.90. The first-order valence-electron chi connectivity index (χ1n) is 12.1. The van der Waals surface area contributed by atoms with Crippen LogP contribution in [0.15, 0.2) is 34.5 Å². The average Bonchev–Trinajstić information content (AvgIpc) is 3.47. The molecule has 6 rings (SSSR count). The number of carbonyl (C=O) groups excluding carboxylic acids is 2. The molecular weight excluding hydrogens is 411 g/mol. The van der Waals surface area contributed by atoms with Crippen molar-refractivity contribution in [3.8, 4) is 0 Å². The van der Waals surface area contributed by atoms with Crippen molar-refractivity contribution in [3.05, 3.63) is 35.8 Å². The molecule has 4 aliphatic carbocycles. The van der Waals surface area contributed by atoms with Crippen LogP contribution in [-0.4, -0.2) is 29.9 Å².